The van der Waals surface area contributed by atoms with Crippen LogP contribution in [-0.2, 0) is 6.42 Å². The fraction of sp³-hybridized carbons (Fsp3) is 0.643. The number of halogens is 1. The van der Waals surface area contributed by atoms with Crippen molar-refractivity contribution < 1.29 is 4.42 Å². The number of hydrogen-bond acceptors (Lipinski definition) is 3. The van der Waals surface area contributed by atoms with Gasteiger partial charge in [0.2, 0.25) is 0 Å². The number of likely N-dealkylation sites (N-methyl/N-ethyl adjacent to an activating group) is 1. The molecule has 2 N–H and O–H groups in total. The first kappa shape index (κ1) is 19.2. The second-order valence-electron chi connectivity index (χ2n) is 4.41. The zero-order valence-electron chi connectivity index (χ0n) is 12.7. The van der Waals surface area contributed by atoms with Gasteiger partial charge in [-0.3, -0.25) is 4.99 Å². The van der Waals surface area contributed by atoms with E-state index in [1.807, 2.05) is 12.1 Å². The number of furan rings is 1. The number of hydrogen-bond donors (Lipinski definition) is 2. The van der Waals surface area contributed by atoms with Gasteiger partial charge in [0.05, 0.1) is 12.8 Å². The highest BCUT2D eigenvalue weighted by Gasteiger charge is 1.99. The topological polar surface area (TPSA) is 52.8 Å². The summed E-state index contributed by atoms with van der Waals surface area (Å²) in [6.45, 7) is 8.75. The van der Waals surface area contributed by atoms with Crippen molar-refractivity contribution in [3.8, 4) is 0 Å². The van der Waals surface area contributed by atoms with Crippen LogP contribution in [0.2, 0.25) is 0 Å². The van der Waals surface area contributed by atoms with E-state index >= 15 is 0 Å². The maximum Gasteiger partial charge on any atom is 0.191 e. The van der Waals surface area contributed by atoms with E-state index in [-0.39, 0.29) is 24.0 Å². The van der Waals surface area contributed by atoms with Crippen molar-refractivity contribution in [2.75, 3.05) is 39.8 Å². The molecule has 0 fully saturated rings. The molecule has 0 radical (unpaired) electrons. The lowest BCUT2D eigenvalue weighted by molar-refractivity contribution is 0.363. The summed E-state index contributed by atoms with van der Waals surface area (Å²) in [5.41, 5.74) is 0. The van der Waals surface area contributed by atoms with Crippen LogP contribution >= 0.6 is 24.0 Å². The van der Waals surface area contributed by atoms with Crippen LogP contribution in [0, 0.1) is 0 Å². The van der Waals surface area contributed by atoms with E-state index < -0.39 is 0 Å². The van der Waals surface area contributed by atoms with E-state index in [1.165, 1.54) is 0 Å². The lowest BCUT2D eigenvalue weighted by Crippen LogP contribution is -2.38. The van der Waals surface area contributed by atoms with E-state index in [1.54, 1.807) is 6.26 Å². The molecule has 6 heteroatoms. The maximum atomic E-state index is 5.30. The lowest BCUT2D eigenvalue weighted by Gasteiger charge is -2.14. The first-order chi connectivity index (χ1) is 9.26. The van der Waals surface area contributed by atoms with E-state index in [2.05, 4.69) is 41.4 Å². The standard InChI is InChI=1S/C14H26N4O.HI/c1-4-15-14(17-10-11-18(3)5-2)16-9-8-13-7-6-12-19-13;/h6-7,12H,4-5,8-11H2,1-3H3,(H2,15,16,17);1H. The minimum absolute atomic E-state index is 0. The molecule has 1 rings (SSSR count). The van der Waals surface area contributed by atoms with Crippen molar-refractivity contribution in [3.63, 3.8) is 0 Å². The van der Waals surface area contributed by atoms with Gasteiger partial charge in [0.15, 0.2) is 5.96 Å². The Hall–Kier alpha value is -0.760. The van der Waals surface area contributed by atoms with Gasteiger partial charge in [-0.15, -0.1) is 24.0 Å². The van der Waals surface area contributed by atoms with Crippen molar-refractivity contribution in [1.82, 2.24) is 15.5 Å². The molecule has 0 aromatic carbocycles. The van der Waals surface area contributed by atoms with E-state index in [4.69, 9.17) is 4.42 Å². The third-order valence-electron chi connectivity index (χ3n) is 2.88. The van der Waals surface area contributed by atoms with E-state index in [9.17, 15) is 0 Å². The van der Waals surface area contributed by atoms with Gasteiger partial charge in [-0.25, -0.2) is 0 Å². The van der Waals surface area contributed by atoms with Gasteiger partial charge < -0.3 is 20.0 Å². The van der Waals surface area contributed by atoms with Crippen LogP contribution in [0.25, 0.3) is 0 Å². The molecule has 0 saturated heterocycles. The largest absolute Gasteiger partial charge is 0.469 e. The number of aliphatic imine (C=N–C) groups is 1. The summed E-state index contributed by atoms with van der Waals surface area (Å²) in [5.74, 6) is 1.87. The molecule has 20 heavy (non-hydrogen) atoms. The molecule has 1 aromatic heterocycles. The van der Waals surface area contributed by atoms with Crippen LogP contribution < -0.4 is 10.6 Å². The maximum absolute atomic E-state index is 5.30. The SMILES string of the molecule is CCNC(=NCCN(C)CC)NCCc1ccco1.I. The van der Waals surface area contributed by atoms with Crippen LogP contribution in [0.15, 0.2) is 27.8 Å². The fourth-order valence-corrected chi connectivity index (χ4v) is 1.59. The molecule has 5 nitrogen and oxygen atoms in total. The van der Waals surface area contributed by atoms with E-state index in [0.717, 1.165) is 50.9 Å². The lowest BCUT2D eigenvalue weighted by atomic mass is 10.3. The summed E-state index contributed by atoms with van der Waals surface area (Å²) in [5, 5.41) is 6.56. The van der Waals surface area contributed by atoms with Gasteiger partial charge in [0.25, 0.3) is 0 Å². The Morgan fingerprint density at radius 3 is 2.75 bits per heavy atom. The van der Waals surface area contributed by atoms with Gasteiger partial charge in [0, 0.05) is 26.1 Å². The summed E-state index contributed by atoms with van der Waals surface area (Å²) in [7, 11) is 2.10. The molecule has 0 unspecified atom stereocenters. The minimum atomic E-state index is 0. The molecular formula is C14H27IN4O. The monoisotopic (exact) mass is 394 g/mol. The Morgan fingerprint density at radius 2 is 2.15 bits per heavy atom. The average molecular weight is 394 g/mol. The Balaban J connectivity index is 0.00000361. The van der Waals surface area contributed by atoms with Gasteiger partial charge in [-0.1, -0.05) is 6.92 Å². The quantitative estimate of drug-likeness (QED) is 0.402. The summed E-state index contributed by atoms with van der Waals surface area (Å²) in [6.07, 6.45) is 2.57. The van der Waals surface area contributed by atoms with Crippen molar-refractivity contribution >= 4 is 29.9 Å². The zero-order valence-corrected chi connectivity index (χ0v) is 15.0. The van der Waals surface area contributed by atoms with Crippen LogP contribution in [-0.4, -0.2) is 50.6 Å². The van der Waals surface area contributed by atoms with E-state index in [0.29, 0.717) is 0 Å². The predicted octanol–water partition coefficient (Wildman–Crippen LogP) is 1.95. The Bertz CT molecular complexity index is 354. The van der Waals surface area contributed by atoms with Crippen LogP contribution in [0.5, 0.6) is 0 Å². The third kappa shape index (κ3) is 8.42. The number of guanidine groups is 1. The predicted molar refractivity (Wildman–Crippen MR) is 95.0 cm³/mol. The van der Waals surface area contributed by atoms with Crippen LogP contribution in [0.4, 0.5) is 0 Å². The minimum Gasteiger partial charge on any atom is -0.469 e. The second kappa shape index (κ2) is 12.0. The molecule has 0 saturated carbocycles. The fourth-order valence-electron chi connectivity index (χ4n) is 1.59. The highest BCUT2D eigenvalue weighted by Crippen LogP contribution is 1.99. The zero-order chi connectivity index (χ0) is 13.9. The molecule has 0 aliphatic rings. The molecule has 0 bridgehead atoms. The van der Waals surface area contributed by atoms with Crippen molar-refractivity contribution in [2.45, 2.75) is 20.3 Å². The summed E-state index contributed by atoms with van der Waals surface area (Å²) < 4.78 is 5.30. The van der Waals surface area contributed by atoms with Gasteiger partial charge >= 0.3 is 0 Å². The Morgan fingerprint density at radius 1 is 1.35 bits per heavy atom. The molecule has 0 aliphatic carbocycles. The summed E-state index contributed by atoms with van der Waals surface area (Å²) >= 11 is 0. The highest BCUT2D eigenvalue weighted by molar-refractivity contribution is 14.0. The smallest absolute Gasteiger partial charge is 0.191 e. The first-order valence-electron chi connectivity index (χ1n) is 6.99. The highest BCUT2D eigenvalue weighted by atomic mass is 127. The second-order valence-corrected chi connectivity index (χ2v) is 4.41. The Kier molecular flexibility index (Phi) is 11.6. The van der Waals surface area contributed by atoms with Crippen LogP contribution in [0.1, 0.15) is 19.6 Å². The van der Waals surface area contributed by atoms with Crippen molar-refractivity contribution in [2.24, 2.45) is 4.99 Å². The van der Waals surface area contributed by atoms with Gasteiger partial charge in [-0.2, -0.15) is 0 Å². The number of rotatable bonds is 8. The molecule has 1 aromatic rings. The molecule has 0 aliphatic heterocycles. The summed E-state index contributed by atoms with van der Waals surface area (Å²) in [4.78, 5) is 6.79. The molecule has 0 amide bonds. The van der Waals surface area contributed by atoms with Crippen molar-refractivity contribution in [3.05, 3.63) is 24.2 Å². The molecule has 116 valence electrons. The molecule has 0 atom stereocenters. The third-order valence-corrected chi connectivity index (χ3v) is 2.88. The molecule has 1 heterocycles. The number of nitrogens with zero attached hydrogens (tertiary/aromatic N) is 2. The van der Waals surface area contributed by atoms with Crippen LogP contribution in [0.3, 0.4) is 0 Å². The number of nitrogens with one attached hydrogen (secondary N) is 2. The van der Waals surface area contributed by atoms with Crippen molar-refractivity contribution in [1.29, 1.82) is 0 Å². The van der Waals surface area contributed by atoms with Gasteiger partial charge in [0.1, 0.15) is 5.76 Å². The molecule has 0 spiro atoms. The normalized spacial score (nSPS) is 11.3. The first-order valence-corrected chi connectivity index (χ1v) is 6.99. The molecular weight excluding hydrogens is 367 g/mol. The van der Waals surface area contributed by atoms with Gasteiger partial charge in [-0.05, 0) is 32.6 Å². The summed E-state index contributed by atoms with van der Waals surface area (Å²) in [6, 6.07) is 3.90. The Labute approximate surface area is 139 Å². The average Bonchev–Trinajstić information content (AvgIpc) is 2.91.